The topological polar surface area (TPSA) is 78.6 Å². The highest BCUT2D eigenvalue weighted by atomic mass is 19.1. The molecule has 0 radical (unpaired) electrons. The molecule has 0 aliphatic carbocycles. The highest BCUT2D eigenvalue weighted by molar-refractivity contribution is 5.86. The Hall–Kier alpha value is -1.17. The maximum Gasteiger partial charge on any atom is 0.343 e. The minimum atomic E-state index is -2.17. The Morgan fingerprint density at radius 3 is 2.07 bits per heavy atom. The minimum Gasteiger partial charge on any atom is -0.465 e. The lowest BCUT2D eigenvalue weighted by molar-refractivity contribution is -0.157. The highest BCUT2D eigenvalue weighted by Crippen LogP contribution is 2.02. The van der Waals surface area contributed by atoms with Crippen LogP contribution in [0.25, 0.3) is 0 Å². The lowest BCUT2D eigenvalue weighted by atomic mass is 10.2. The zero-order valence-electron chi connectivity index (χ0n) is 8.16. The van der Waals surface area contributed by atoms with Crippen LogP contribution in [0.2, 0.25) is 0 Å². The molecule has 14 heavy (non-hydrogen) atoms. The van der Waals surface area contributed by atoms with Crippen LogP contribution >= 0.6 is 0 Å². The van der Waals surface area contributed by atoms with Crippen LogP contribution in [0, 0.1) is 0 Å². The number of halogens is 1. The standard InChI is InChI=1S/C8H14FNO4/c1-3-13-7(11)5(9)6(10)8(12)14-4-2/h5-6H,3-4,10H2,1-2H3/t5-,6+/m0/s1. The molecular weight excluding hydrogens is 193 g/mol. The summed E-state index contributed by atoms with van der Waals surface area (Å²) in [5, 5.41) is 0. The maximum atomic E-state index is 13.1. The van der Waals surface area contributed by atoms with Crippen molar-refractivity contribution in [2.45, 2.75) is 26.1 Å². The molecule has 0 aliphatic rings. The molecule has 2 atom stereocenters. The van der Waals surface area contributed by atoms with Gasteiger partial charge in [0.25, 0.3) is 0 Å². The maximum absolute atomic E-state index is 13.1. The Labute approximate surface area is 81.3 Å². The van der Waals surface area contributed by atoms with Crippen molar-refractivity contribution < 1.29 is 23.5 Å². The van der Waals surface area contributed by atoms with Gasteiger partial charge in [-0.15, -0.1) is 0 Å². The molecule has 0 aliphatic heterocycles. The molecule has 6 heteroatoms. The molecule has 0 saturated heterocycles. The second-order valence-electron chi connectivity index (χ2n) is 2.43. The molecule has 5 nitrogen and oxygen atoms in total. The first-order chi connectivity index (χ1) is 6.54. The van der Waals surface area contributed by atoms with Crippen LogP contribution in [-0.2, 0) is 19.1 Å². The number of ether oxygens (including phenoxy) is 2. The van der Waals surface area contributed by atoms with E-state index in [2.05, 4.69) is 9.47 Å². The normalized spacial score (nSPS) is 14.3. The Morgan fingerprint density at radius 2 is 1.64 bits per heavy atom. The van der Waals surface area contributed by atoms with E-state index in [1.807, 2.05) is 0 Å². The van der Waals surface area contributed by atoms with Gasteiger partial charge in [0.15, 0.2) is 0 Å². The third-order valence-corrected chi connectivity index (χ3v) is 1.39. The SMILES string of the molecule is CCOC(=O)[C@@H](F)[C@@H](N)C(=O)OCC. The van der Waals surface area contributed by atoms with Crippen LogP contribution < -0.4 is 5.73 Å². The van der Waals surface area contributed by atoms with E-state index in [0.717, 1.165) is 0 Å². The van der Waals surface area contributed by atoms with Gasteiger partial charge in [0.2, 0.25) is 6.17 Å². The summed E-state index contributed by atoms with van der Waals surface area (Å²) in [7, 11) is 0. The van der Waals surface area contributed by atoms with Gasteiger partial charge >= 0.3 is 11.9 Å². The van der Waals surface area contributed by atoms with Crippen molar-refractivity contribution in [2.24, 2.45) is 5.73 Å². The van der Waals surface area contributed by atoms with E-state index in [1.165, 1.54) is 6.92 Å². The van der Waals surface area contributed by atoms with E-state index < -0.39 is 24.2 Å². The van der Waals surface area contributed by atoms with Gasteiger partial charge < -0.3 is 15.2 Å². The molecule has 0 spiro atoms. The molecule has 82 valence electrons. The molecule has 0 amide bonds. The third kappa shape index (κ3) is 3.69. The first-order valence-corrected chi connectivity index (χ1v) is 4.27. The van der Waals surface area contributed by atoms with Crippen LogP contribution in [-0.4, -0.2) is 37.4 Å². The molecule has 0 saturated carbocycles. The van der Waals surface area contributed by atoms with Crippen molar-refractivity contribution in [3.05, 3.63) is 0 Å². The molecule has 0 rings (SSSR count). The molecule has 0 unspecified atom stereocenters. The molecule has 0 aromatic carbocycles. The smallest absolute Gasteiger partial charge is 0.343 e. The molecular formula is C8H14FNO4. The third-order valence-electron chi connectivity index (χ3n) is 1.39. The molecule has 0 fully saturated rings. The largest absolute Gasteiger partial charge is 0.465 e. The van der Waals surface area contributed by atoms with Gasteiger partial charge in [0.1, 0.15) is 6.04 Å². The Balaban J connectivity index is 4.16. The second kappa shape index (κ2) is 6.31. The number of nitrogens with two attached hydrogens (primary N) is 1. The predicted octanol–water partition coefficient (Wildman–Crippen LogP) is -0.222. The van der Waals surface area contributed by atoms with E-state index in [9.17, 15) is 14.0 Å². The van der Waals surface area contributed by atoms with Crippen molar-refractivity contribution >= 4 is 11.9 Å². The first kappa shape index (κ1) is 12.8. The van der Waals surface area contributed by atoms with Crippen LogP contribution in [0.15, 0.2) is 0 Å². The summed E-state index contributed by atoms with van der Waals surface area (Å²) in [5.41, 5.74) is 5.13. The minimum absolute atomic E-state index is 0.0365. The number of rotatable bonds is 5. The van der Waals surface area contributed by atoms with Gasteiger partial charge in [-0.3, -0.25) is 4.79 Å². The van der Waals surface area contributed by atoms with Gasteiger partial charge in [-0.1, -0.05) is 0 Å². The first-order valence-electron chi connectivity index (χ1n) is 4.27. The number of hydrogen-bond donors (Lipinski definition) is 1. The van der Waals surface area contributed by atoms with Gasteiger partial charge in [0.05, 0.1) is 13.2 Å². The van der Waals surface area contributed by atoms with Crippen LogP contribution in [0.3, 0.4) is 0 Å². The van der Waals surface area contributed by atoms with Crippen LogP contribution in [0.4, 0.5) is 4.39 Å². The van der Waals surface area contributed by atoms with Gasteiger partial charge in [-0.05, 0) is 13.8 Å². The molecule has 2 N–H and O–H groups in total. The number of alkyl halides is 1. The van der Waals surface area contributed by atoms with Crippen LogP contribution in [0.1, 0.15) is 13.8 Å². The van der Waals surface area contributed by atoms with Gasteiger partial charge in [-0.2, -0.15) is 0 Å². The Bertz CT molecular complexity index is 188. The number of hydrogen-bond acceptors (Lipinski definition) is 5. The average molecular weight is 207 g/mol. The lowest BCUT2D eigenvalue weighted by Crippen LogP contribution is -2.45. The summed E-state index contributed by atoms with van der Waals surface area (Å²) in [5.74, 6) is -2.10. The molecule has 0 bridgehead atoms. The van der Waals surface area contributed by atoms with Crippen LogP contribution in [0.5, 0.6) is 0 Å². The zero-order chi connectivity index (χ0) is 11.1. The fourth-order valence-corrected chi connectivity index (χ4v) is 0.726. The van der Waals surface area contributed by atoms with Crippen molar-refractivity contribution in [3.8, 4) is 0 Å². The van der Waals surface area contributed by atoms with Crippen molar-refractivity contribution in [2.75, 3.05) is 13.2 Å². The monoisotopic (exact) mass is 207 g/mol. The predicted molar refractivity (Wildman–Crippen MR) is 46.1 cm³/mol. The fourth-order valence-electron chi connectivity index (χ4n) is 0.726. The summed E-state index contributed by atoms with van der Waals surface area (Å²) in [4.78, 5) is 21.7. The fraction of sp³-hybridized carbons (Fsp3) is 0.750. The summed E-state index contributed by atoms with van der Waals surface area (Å²) in [6, 6.07) is -1.62. The molecule has 0 heterocycles. The summed E-state index contributed by atoms with van der Waals surface area (Å²) < 4.78 is 21.8. The highest BCUT2D eigenvalue weighted by Gasteiger charge is 2.32. The van der Waals surface area contributed by atoms with Crippen molar-refractivity contribution in [1.82, 2.24) is 0 Å². The second-order valence-corrected chi connectivity index (χ2v) is 2.43. The summed E-state index contributed by atoms with van der Waals surface area (Å²) in [6.07, 6.45) is -2.17. The average Bonchev–Trinajstić information content (AvgIpc) is 2.16. The van der Waals surface area contributed by atoms with E-state index in [0.29, 0.717) is 0 Å². The Morgan fingerprint density at radius 1 is 1.21 bits per heavy atom. The quantitative estimate of drug-likeness (QED) is 0.630. The zero-order valence-corrected chi connectivity index (χ0v) is 8.16. The summed E-state index contributed by atoms with van der Waals surface area (Å²) >= 11 is 0. The van der Waals surface area contributed by atoms with Crippen molar-refractivity contribution in [3.63, 3.8) is 0 Å². The van der Waals surface area contributed by atoms with Gasteiger partial charge in [-0.25, -0.2) is 9.18 Å². The van der Waals surface area contributed by atoms with Crippen molar-refractivity contribution in [1.29, 1.82) is 0 Å². The van der Waals surface area contributed by atoms with E-state index in [4.69, 9.17) is 5.73 Å². The van der Waals surface area contributed by atoms with E-state index in [1.54, 1.807) is 6.92 Å². The molecule has 0 aromatic rings. The Kier molecular flexibility index (Phi) is 5.78. The van der Waals surface area contributed by atoms with E-state index >= 15 is 0 Å². The number of esters is 2. The van der Waals surface area contributed by atoms with Gasteiger partial charge in [0, 0.05) is 0 Å². The molecule has 0 aromatic heterocycles. The lowest BCUT2D eigenvalue weighted by Gasteiger charge is -2.13. The number of carbonyl (C=O) groups excluding carboxylic acids is 2. The van der Waals surface area contributed by atoms with E-state index in [-0.39, 0.29) is 13.2 Å². The summed E-state index contributed by atoms with van der Waals surface area (Å²) in [6.45, 7) is 3.21. The number of carbonyl (C=O) groups is 2.